The Bertz CT molecular complexity index is 353. The first-order valence-electron chi connectivity index (χ1n) is 7.99. The number of rotatable bonds is 8. The number of hydrogen-bond donors (Lipinski definition) is 1. The normalized spacial score (nSPS) is 18.0. The molecule has 1 fully saturated rings. The molecule has 0 aromatic carbocycles. The van der Waals surface area contributed by atoms with Gasteiger partial charge in [-0.25, -0.2) is 0 Å². The summed E-state index contributed by atoms with van der Waals surface area (Å²) in [5.74, 6) is 1.01. The molecule has 0 saturated heterocycles. The maximum atomic E-state index is 4.25. The molecule has 108 valence electrons. The lowest BCUT2D eigenvalue weighted by molar-refractivity contribution is 0.394. The highest BCUT2D eigenvalue weighted by molar-refractivity contribution is 5.03. The van der Waals surface area contributed by atoms with Gasteiger partial charge in [-0.3, -0.25) is 4.68 Å². The molecule has 0 aliphatic heterocycles. The molecule has 3 nitrogen and oxygen atoms in total. The van der Waals surface area contributed by atoms with Gasteiger partial charge in [-0.1, -0.05) is 32.6 Å². The minimum atomic E-state index is 0.686. The van der Waals surface area contributed by atoms with E-state index in [1.165, 1.54) is 50.5 Å². The lowest BCUT2D eigenvalue weighted by atomic mass is 9.95. The van der Waals surface area contributed by atoms with E-state index < -0.39 is 0 Å². The van der Waals surface area contributed by atoms with Gasteiger partial charge in [-0.2, -0.15) is 5.10 Å². The summed E-state index contributed by atoms with van der Waals surface area (Å²) in [4.78, 5) is 0. The van der Waals surface area contributed by atoms with Crippen LogP contribution >= 0.6 is 0 Å². The maximum Gasteiger partial charge on any atom is 0.0521 e. The maximum absolute atomic E-state index is 4.25. The monoisotopic (exact) mass is 263 g/mol. The van der Waals surface area contributed by atoms with Gasteiger partial charge < -0.3 is 5.32 Å². The van der Waals surface area contributed by atoms with Crippen LogP contribution in [0.25, 0.3) is 0 Å². The van der Waals surface area contributed by atoms with E-state index in [0.29, 0.717) is 6.04 Å². The summed E-state index contributed by atoms with van der Waals surface area (Å²) in [5.41, 5.74) is 1.37. The minimum Gasteiger partial charge on any atom is -0.314 e. The van der Waals surface area contributed by atoms with Crippen molar-refractivity contribution in [2.75, 3.05) is 6.54 Å². The molecule has 1 aromatic rings. The van der Waals surface area contributed by atoms with Gasteiger partial charge in [-0.05, 0) is 43.7 Å². The average molecular weight is 263 g/mol. The molecule has 2 rings (SSSR count). The molecule has 1 N–H and O–H groups in total. The molecule has 1 aliphatic carbocycles. The third-order valence-corrected chi connectivity index (χ3v) is 4.43. The highest BCUT2D eigenvalue weighted by atomic mass is 15.2. The fourth-order valence-electron chi connectivity index (χ4n) is 3.31. The van der Waals surface area contributed by atoms with Gasteiger partial charge >= 0.3 is 0 Å². The molecule has 0 bridgehead atoms. The zero-order chi connectivity index (χ0) is 13.5. The lowest BCUT2D eigenvalue weighted by Gasteiger charge is -2.19. The van der Waals surface area contributed by atoms with Crippen molar-refractivity contribution < 1.29 is 0 Å². The van der Waals surface area contributed by atoms with Crippen LogP contribution in [-0.2, 0) is 13.5 Å². The summed E-state index contributed by atoms with van der Waals surface area (Å²) in [6, 6.07) is 0.686. The van der Waals surface area contributed by atoms with E-state index in [1.807, 2.05) is 17.9 Å². The van der Waals surface area contributed by atoms with Crippen molar-refractivity contribution in [2.45, 2.75) is 64.3 Å². The van der Waals surface area contributed by atoms with E-state index >= 15 is 0 Å². The molecule has 0 radical (unpaired) electrons. The van der Waals surface area contributed by atoms with Crippen molar-refractivity contribution in [2.24, 2.45) is 13.0 Å². The fourth-order valence-corrected chi connectivity index (χ4v) is 3.31. The third kappa shape index (κ3) is 4.98. The Balaban J connectivity index is 1.71. The summed E-state index contributed by atoms with van der Waals surface area (Å²) >= 11 is 0. The first-order valence-corrected chi connectivity index (χ1v) is 7.99. The standard InChI is InChI=1S/C16H29N3/c1-3-17-16(10-8-14-6-4-5-7-14)11-9-15-12-18-19(2)13-15/h12-14,16-17H,3-11H2,1-2H3. The highest BCUT2D eigenvalue weighted by Gasteiger charge is 2.17. The second-order valence-corrected chi connectivity index (χ2v) is 6.04. The average Bonchev–Trinajstić information content (AvgIpc) is 3.04. The summed E-state index contributed by atoms with van der Waals surface area (Å²) < 4.78 is 1.90. The van der Waals surface area contributed by atoms with Gasteiger partial charge in [0, 0.05) is 19.3 Å². The Hall–Kier alpha value is -0.830. The van der Waals surface area contributed by atoms with E-state index in [4.69, 9.17) is 0 Å². The molecule has 1 heterocycles. The molecule has 0 spiro atoms. The van der Waals surface area contributed by atoms with Crippen LogP contribution in [0.5, 0.6) is 0 Å². The summed E-state index contributed by atoms with van der Waals surface area (Å²) in [5, 5.41) is 7.90. The predicted octanol–water partition coefficient (Wildman–Crippen LogP) is 3.30. The van der Waals surface area contributed by atoms with Crippen molar-refractivity contribution in [1.29, 1.82) is 0 Å². The van der Waals surface area contributed by atoms with Crippen LogP contribution in [0.15, 0.2) is 12.4 Å². The van der Waals surface area contributed by atoms with Gasteiger partial charge in [0.15, 0.2) is 0 Å². The second kappa shape index (κ2) is 7.68. The molecular formula is C16H29N3. The van der Waals surface area contributed by atoms with Gasteiger partial charge in [0.1, 0.15) is 0 Å². The molecule has 0 amide bonds. The van der Waals surface area contributed by atoms with Gasteiger partial charge in [0.25, 0.3) is 0 Å². The third-order valence-electron chi connectivity index (χ3n) is 4.43. The van der Waals surface area contributed by atoms with Crippen molar-refractivity contribution >= 4 is 0 Å². The van der Waals surface area contributed by atoms with Crippen LogP contribution in [-0.4, -0.2) is 22.4 Å². The van der Waals surface area contributed by atoms with Crippen LogP contribution in [0.4, 0.5) is 0 Å². The van der Waals surface area contributed by atoms with Crippen LogP contribution in [0.2, 0.25) is 0 Å². The van der Waals surface area contributed by atoms with E-state index in [9.17, 15) is 0 Å². The molecule has 3 heteroatoms. The first-order chi connectivity index (χ1) is 9.28. The summed E-state index contributed by atoms with van der Waals surface area (Å²) in [6.07, 6.45) is 15.2. The first kappa shape index (κ1) is 14.6. The smallest absolute Gasteiger partial charge is 0.0521 e. The fraction of sp³-hybridized carbons (Fsp3) is 0.812. The Labute approximate surface area is 117 Å². The predicted molar refractivity (Wildman–Crippen MR) is 80.2 cm³/mol. The second-order valence-electron chi connectivity index (χ2n) is 6.04. The Morgan fingerprint density at radius 2 is 2.16 bits per heavy atom. The molecule has 1 aliphatic rings. The Kier molecular flexibility index (Phi) is 5.90. The number of aromatic nitrogens is 2. The minimum absolute atomic E-state index is 0.686. The molecule has 1 aromatic heterocycles. The highest BCUT2D eigenvalue weighted by Crippen LogP contribution is 2.29. The van der Waals surface area contributed by atoms with Crippen LogP contribution in [0.3, 0.4) is 0 Å². The zero-order valence-corrected chi connectivity index (χ0v) is 12.6. The number of hydrogen-bond acceptors (Lipinski definition) is 2. The van der Waals surface area contributed by atoms with Crippen LogP contribution in [0, 0.1) is 5.92 Å². The lowest BCUT2D eigenvalue weighted by Crippen LogP contribution is -2.29. The van der Waals surface area contributed by atoms with E-state index in [1.54, 1.807) is 0 Å². The topological polar surface area (TPSA) is 29.9 Å². The quantitative estimate of drug-likeness (QED) is 0.780. The van der Waals surface area contributed by atoms with E-state index in [2.05, 4.69) is 23.5 Å². The van der Waals surface area contributed by atoms with E-state index in [0.717, 1.165) is 18.9 Å². The number of nitrogens with one attached hydrogen (secondary N) is 1. The molecule has 1 unspecified atom stereocenters. The van der Waals surface area contributed by atoms with Crippen molar-refractivity contribution in [3.8, 4) is 0 Å². The van der Waals surface area contributed by atoms with Crippen molar-refractivity contribution in [1.82, 2.24) is 15.1 Å². The molecular weight excluding hydrogens is 234 g/mol. The molecule has 1 atom stereocenters. The Morgan fingerprint density at radius 1 is 1.37 bits per heavy atom. The van der Waals surface area contributed by atoms with Crippen LogP contribution < -0.4 is 5.32 Å². The van der Waals surface area contributed by atoms with Crippen molar-refractivity contribution in [3.05, 3.63) is 18.0 Å². The Morgan fingerprint density at radius 3 is 2.79 bits per heavy atom. The van der Waals surface area contributed by atoms with Gasteiger partial charge in [0.05, 0.1) is 6.20 Å². The summed E-state index contributed by atoms with van der Waals surface area (Å²) in [6.45, 7) is 3.30. The number of nitrogens with zero attached hydrogens (tertiary/aromatic N) is 2. The molecule has 1 saturated carbocycles. The van der Waals surface area contributed by atoms with Crippen molar-refractivity contribution in [3.63, 3.8) is 0 Å². The van der Waals surface area contributed by atoms with Crippen LogP contribution in [0.1, 0.15) is 57.4 Å². The van der Waals surface area contributed by atoms with Gasteiger partial charge in [0.2, 0.25) is 0 Å². The van der Waals surface area contributed by atoms with Gasteiger partial charge in [-0.15, -0.1) is 0 Å². The number of aryl methyl sites for hydroxylation is 2. The van der Waals surface area contributed by atoms with E-state index in [-0.39, 0.29) is 0 Å². The SMILES string of the molecule is CCNC(CCc1cnn(C)c1)CCC1CCCC1. The zero-order valence-electron chi connectivity index (χ0n) is 12.6. The summed E-state index contributed by atoms with van der Waals surface area (Å²) in [7, 11) is 1.99. The molecule has 19 heavy (non-hydrogen) atoms. The largest absolute Gasteiger partial charge is 0.314 e.